The van der Waals surface area contributed by atoms with Crippen LogP contribution in [0.4, 0.5) is 5.69 Å². The maximum atomic E-state index is 13.1. The molecule has 2 heterocycles. The molecule has 1 amide bonds. The lowest BCUT2D eigenvalue weighted by molar-refractivity contribution is 0.0989. The van der Waals surface area contributed by atoms with Crippen LogP contribution >= 0.6 is 11.8 Å². The van der Waals surface area contributed by atoms with Crippen molar-refractivity contribution in [3.05, 3.63) is 70.2 Å². The Bertz CT molecular complexity index is 942. The van der Waals surface area contributed by atoms with Gasteiger partial charge in [0, 0.05) is 30.2 Å². The molecular formula is C21H23N3O2S. The summed E-state index contributed by atoms with van der Waals surface area (Å²) in [4.78, 5) is 19.2. The molecule has 0 fully saturated rings. The van der Waals surface area contributed by atoms with Gasteiger partial charge in [0.1, 0.15) is 10.8 Å². The van der Waals surface area contributed by atoms with Gasteiger partial charge >= 0.3 is 0 Å². The number of aromatic nitrogens is 2. The number of pyridine rings is 1. The first-order valence-corrected chi connectivity index (χ1v) is 9.71. The van der Waals surface area contributed by atoms with E-state index in [0.717, 1.165) is 33.8 Å². The average molecular weight is 382 g/mol. The van der Waals surface area contributed by atoms with E-state index in [1.165, 1.54) is 11.8 Å². The van der Waals surface area contributed by atoms with Crippen molar-refractivity contribution in [1.82, 2.24) is 10.1 Å². The van der Waals surface area contributed by atoms with Gasteiger partial charge in [0.15, 0.2) is 0 Å². The first-order valence-electron chi connectivity index (χ1n) is 8.72. The van der Waals surface area contributed by atoms with Crippen molar-refractivity contribution in [2.75, 3.05) is 11.9 Å². The van der Waals surface area contributed by atoms with Crippen molar-refractivity contribution in [3.8, 4) is 0 Å². The summed E-state index contributed by atoms with van der Waals surface area (Å²) in [5.41, 5.74) is 5.65. The van der Waals surface area contributed by atoms with E-state index in [1.807, 2.05) is 45.9 Å². The largest absolute Gasteiger partial charge is 0.361 e. The van der Waals surface area contributed by atoms with Crippen LogP contribution in [0.3, 0.4) is 0 Å². The first kappa shape index (κ1) is 19.2. The zero-order valence-electron chi connectivity index (χ0n) is 16.2. The van der Waals surface area contributed by atoms with Crippen LogP contribution in [-0.2, 0) is 5.75 Å². The summed E-state index contributed by atoms with van der Waals surface area (Å²) in [5.74, 6) is 1.39. The zero-order valence-corrected chi connectivity index (χ0v) is 17.1. The van der Waals surface area contributed by atoms with Crippen LogP contribution < -0.4 is 4.90 Å². The van der Waals surface area contributed by atoms with E-state index < -0.39 is 0 Å². The van der Waals surface area contributed by atoms with Crippen molar-refractivity contribution >= 4 is 23.4 Å². The van der Waals surface area contributed by atoms with Gasteiger partial charge in [-0.25, -0.2) is 4.98 Å². The Morgan fingerprint density at radius 1 is 1.15 bits per heavy atom. The average Bonchev–Trinajstić information content (AvgIpc) is 2.96. The monoisotopic (exact) mass is 381 g/mol. The fraction of sp³-hybridized carbons (Fsp3) is 0.286. The zero-order chi connectivity index (χ0) is 19.6. The van der Waals surface area contributed by atoms with Crippen LogP contribution in [0.1, 0.15) is 38.5 Å². The highest BCUT2D eigenvalue weighted by atomic mass is 32.2. The van der Waals surface area contributed by atoms with Crippen molar-refractivity contribution in [1.29, 1.82) is 0 Å². The molecule has 0 radical (unpaired) electrons. The lowest BCUT2D eigenvalue weighted by Gasteiger charge is -2.20. The molecule has 0 aliphatic heterocycles. The molecule has 0 aliphatic rings. The molecule has 0 saturated carbocycles. The minimum atomic E-state index is -0.0747. The molecule has 27 heavy (non-hydrogen) atoms. The molecule has 3 aromatic rings. The van der Waals surface area contributed by atoms with E-state index in [4.69, 9.17) is 4.52 Å². The molecule has 2 aromatic heterocycles. The third-order valence-corrected chi connectivity index (χ3v) is 5.47. The highest BCUT2D eigenvalue weighted by Crippen LogP contribution is 2.29. The number of hydrogen-bond acceptors (Lipinski definition) is 5. The number of carbonyl (C=O) groups excluding carboxylic acids is 1. The normalized spacial score (nSPS) is 10.9. The number of carbonyl (C=O) groups is 1. The summed E-state index contributed by atoms with van der Waals surface area (Å²) in [5, 5.41) is 4.69. The molecule has 0 saturated heterocycles. The van der Waals surface area contributed by atoms with Gasteiger partial charge < -0.3 is 9.42 Å². The van der Waals surface area contributed by atoms with Crippen LogP contribution in [0.25, 0.3) is 0 Å². The van der Waals surface area contributed by atoms with E-state index in [9.17, 15) is 4.79 Å². The second-order valence-electron chi connectivity index (χ2n) is 6.66. The van der Waals surface area contributed by atoms with Crippen molar-refractivity contribution in [2.24, 2.45) is 0 Å². The van der Waals surface area contributed by atoms with Gasteiger partial charge in [-0.1, -0.05) is 11.2 Å². The van der Waals surface area contributed by atoms with Crippen LogP contribution in [0.2, 0.25) is 0 Å². The summed E-state index contributed by atoms with van der Waals surface area (Å²) >= 11 is 1.52. The molecule has 1 aromatic carbocycles. The third kappa shape index (κ3) is 4.22. The highest BCUT2D eigenvalue weighted by Gasteiger charge is 2.19. The van der Waals surface area contributed by atoms with Crippen molar-refractivity contribution in [2.45, 2.75) is 38.5 Å². The second kappa shape index (κ2) is 7.96. The summed E-state index contributed by atoms with van der Waals surface area (Å²) in [6.07, 6.45) is 1.71. The quantitative estimate of drug-likeness (QED) is 0.590. The fourth-order valence-corrected chi connectivity index (χ4v) is 4.10. The molecule has 5 nitrogen and oxygen atoms in total. The molecule has 0 unspecified atom stereocenters. The molecule has 6 heteroatoms. The minimum absolute atomic E-state index is 0.0747. The maximum absolute atomic E-state index is 13.1. The molecule has 0 bridgehead atoms. The van der Waals surface area contributed by atoms with Gasteiger partial charge in [-0.15, -0.1) is 11.8 Å². The lowest BCUT2D eigenvalue weighted by Crippen LogP contribution is -2.27. The predicted octanol–water partition coefficient (Wildman–Crippen LogP) is 4.87. The maximum Gasteiger partial charge on any atom is 0.260 e. The van der Waals surface area contributed by atoms with E-state index in [-0.39, 0.29) is 5.91 Å². The standard InChI is InChI=1S/C21H23N3O2S/c1-13-9-14(2)11-17(10-13)24(5)21(25)18-7-6-8-22-20(18)27-12-19-15(3)23-26-16(19)4/h6-11H,12H2,1-5H3. The highest BCUT2D eigenvalue weighted by molar-refractivity contribution is 7.98. The van der Waals surface area contributed by atoms with E-state index >= 15 is 0 Å². The fourth-order valence-electron chi connectivity index (χ4n) is 2.96. The van der Waals surface area contributed by atoms with Gasteiger partial charge in [0.2, 0.25) is 0 Å². The number of aryl methyl sites for hydroxylation is 4. The van der Waals surface area contributed by atoms with Gasteiger partial charge in [-0.05, 0) is 63.1 Å². The minimum Gasteiger partial charge on any atom is -0.361 e. The number of hydrogen-bond donors (Lipinski definition) is 0. The molecule has 0 atom stereocenters. The summed E-state index contributed by atoms with van der Waals surface area (Å²) < 4.78 is 5.22. The Morgan fingerprint density at radius 3 is 2.48 bits per heavy atom. The predicted molar refractivity (Wildman–Crippen MR) is 108 cm³/mol. The van der Waals surface area contributed by atoms with Gasteiger partial charge in [-0.2, -0.15) is 0 Å². The molecule has 0 spiro atoms. The summed E-state index contributed by atoms with van der Waals surface area (Å²) in [6.45, 7) is 7.88. The smallest absolute Gasteiger partial charge is 0.260 e. The molecule has 3 rings (SSSR count). The van der Waals surface area contributed by atoms with Crippen LogP contribution in [0.15, 0.2) is 46.1 Å². The van der Waals surface area contributed by atoms with Crippen LogP contribution in [0.5, 0.6) is 0 Å². The Kier molecular flexibility index (Phi) is 5.65. The van der Waals surface area contributed by atoms with E-state index in [2.05, 4.69) is 16.2 Å². The number of amides is 1. The summed E-state index contributed by atoms with van der Waals surface area (Å²) in [7, 11) is 1.80. The van der Waals surface area contributed by atoms with Crippen LogP contribution in [0, 0.1) is 27.7 Å². The van der Waals surface area contributed by atoms with Gasteiger partial charge in [0.25, 0.3) is 5.91 Å². The molecular weight excluding hydrogens is 358 g/mol. The Morgan fingerprint density at radius 2 is 1.85 bits per heavy atom. The first-order chi connectivity index (χ1) is 12.9. The summed E-state index contributed by atoms with van der Waals surface area (Å²) in [6, 6.07) is 9.74. The number of benzene rings is 1. The Hall–Kier alpha value is -2.60. The number of nitrogens with zero attached hydrogens (tertiary/aromatic N) is 3. The third-order valence-electron chi connectivity index (χ3n) is 4.43. The molecule has 0 N–H and O–H groups in total. The number of anilines is 1. The number of rotatable bonds is 5. The SMILES string of the molecule is Cc1cc(C)cc(N(C)C(=O)c2cccnc2SCc2c(C)noc2C)c1. The Balaban J connectivity index is 1.85. The molecule has 140 valence electrons. The lowest BCUT2D eigenvalue weighted by atomic mass is 10.1. The van der Waals surface area contributed by atoms with Crippen molar-refractivity contribution in [3.63, 3.8) is 0 Å². The van der Waals surface area contributed by atoms with Crippen molar-refractivity contribution < 1.29 is 9.32 Å². The van der Waals surface area contributed by atoms with Crippen LogP contribution in [-0.4, -0.2) is 23.1 Å². The second-order valence-corrected chi connectivity index (χ2v) is 7.62. The molecule has 0 aliphatic carbocycles. The Labute approximate surface area is 163 Å². The topological polar surface area (TPSA) is 59.2 Å². The van der Waals surface area contributed by atoms with E-state index in [1.54, 1.807) is 24.2 Å². The number of thioether (sulfide) groups is 1. The van der Waals surface area contributed by atoms with Gasteiger partial charge in [0.05, 0.1) is 11.3 Å². The van der Waals surface area contributed by atoms with E-state index in [0.29, 0.717) is 16.3 Å². The van der Waals surface area contributed by atoms with Gasteiger partial charge in [-0.3, -0.25) is 4.79 Å².